The number of ether oxygens (including phenoxy) is 1. The van der Waals surface area contributed by atoms with Crippen molar-refractivity contribution in [1.82, 2.24) is 9.80 Å². The van der Waals surface area contributed by atoms with E-state index >= 15 is 0 Å². The first-order valence-electron chi connectivity index (χ1n) is 10.5. The summed E-state index contributed by atoms with van der Waals surface area (Å²) in [5.74, 6) is 0.543. The summed E-state index contributed by atoms with van der Waals surface area (Å²) in [5.41, 5.74) is 1.07. The van der Waals surface area contributed by atoms with Gasteiger partial charge in [-0.1, -0.05) is 84.6 Å². The number of hydrogen-bond acceptors (Lipinski definition) is 5. The van der Waals surface area contributed by atoms with Crippen LogP contribution < -0.4 is 0 Å². The number of thiocarbonyl (C=S) groups is 1. The van der Waals surface area contributed by atoms with Crippen molar-refractivity contribution in [2.45, 2.75) is 18.8 Å². The number of hydrogen-bond donors (Lipinski definition) is 0. The predicted molar refractivity (Wildman–Crippen MR) is 129 cm³/mol. The van der Waals surface area contributed by atoms with Crippen molar-refractivity contribution < 1.29 is 9.53 Å². The molecular weight excluding hydrogens is 412 g/mol. The van der Waals surface area contributed by atoms with Crippen molar-refractivity contribution in [1.29, 1.82) is 0 Å². The van der Waals surface area contributed by atoms with Gasteiger partial charge in [0.15, 0.2) is 0 Å². The molecule has 0 atom stereocenters. The number of thioether (sulfide) groups is 1. The lowest BCUT2D eigenvalue weighted by Gasteiger charge is -2.35. The molecule has 2 aromatic rings. The van der Waals surface area contributed by atoms with Crippen LogP contribution >= 0.6 is 24.0 Å². The molecule has 1 aliphatic rings. The van der Waals surface area contributed by atoms with E-state index in [9.17, 15) is 4.79 Å². The Morgan fingerprint density at radius 2 is 1.53 bits per heavy atom. The van der Waals surface area contributed by atoms with Gasteiger partial charge in [0, 0.05) is 31.9 Å². The molecule has 0 spiro atoms. The van der Waals surface area contributed by atoms with Gasteiger partial charge in [-0.2, -0.15) is 0 Å². The molecule has 0 unspecified atom stereocenters. The first kappa shape index (κ1) is 22.8. The Kier molecular flexibility index (Phi) is 8.31. The number of likely N-dealkylation sites (N-methyl/N-ethyl adjacent to an activating group) is 1. The van der Waals surface area contributed by atoms with Crippen LogP contribution in [0, 0.1) is 0 Å². The first-order valence-corrected chi connectivity index (χ1v) is 11.9. The summed E-state index contributed by atoms with van der Waals surface area (Å²) >= 11 is 7.37. The Bertz CT molecular complexity index is 782. The maximum atomic E-state index is 13.4. The Hall–Kier alpha value is -1.89. The lowest BCUT2D eigenvalue weighted by molar-refractivity contribution is -0.148. The van der Waals surface area contributed by atoms with E-state index in [0.717, 1.165) is 47.4 Å². The second-order valence-electron chi connectivity index (χ2n) is 7.51. The number of esters is 1. The lowest BCUT2D eigenvalue weighted by Crippen LogP contribution is -2.46. The van der Waals surface area contributed by atoms with Crippen LogP contribution in [0.3, 0.4) is 0 Å². The molecule has 1 heterocycles. The van der Waals surface area contributed by atoms with E-state index in [1.165, 1.54) is 0 Å². The maximum absolute atomic E-state index is 13.4. The third kappa shape index (κ3) is 5.23. The number of carbonyl (C=O) groups excluding carboxylic acids is 1. The average Bonchev–Trinajstić information content (AvgIpc) is 2.78. The van der Waals surface area contributed by atoms with E-state index in [2.05, 4.69) is 16.8 Å². The smallest absolute Gasteiger partial charge is 0.321 e. The summed E-state index contributed by atoms with van der Waals surface area (Å²) in [6.45, 7) is 6.19. The second-order valence-corrected chi connectivity index (χ2v) is 9.24. The third-order valence-electron chi connectivity index (χ3n) is 5.62. The molecule has 1 fully saturated rings. The normalized spacial score (nSPS) is 15.1. The molecule has 1 saturated heterocycles. The summed E-state index contributed by atoms with van der Waals surface area (Å²) in [5, 5.41) is 0. The molecule has 0 N–H and O–H groups in total. The molecule has 0 aromatic heterocycles. The lowest BCUT2D eigenvalue weighted by atomic mass is 9.72. The zero-order valence-electron chi connectivity index (χ0n) is 17.8. The van der Waals surface area contributed by atoms with Gasteiger partial charge in [-0.15, -0.1) is 0 Å². The highest BCUT2D eigenvalue weighted by Crippen LogP contribution is 2.38. The molecular formula is C24H30N2O2S2. The van der Waals surface area contributed by atoms with Crippen LogP contribution in [0.1, 0.15) is 24.5 Å². The van der Waals surface area contributed by atoms with Crippen molar-refractivity contribution in [3.63, 3.8) is 0 Å². The molecule has 0 radical (unpaired) electrons. The largest absolute Gasteiger partial charge is 0.465 e. The van der Waals surface area contributed by atoms with Crippen LogP contribution in [-0.2, 0) is 14.9 Å². The highest BCUT2D eigenvalue weighted by Gasteiger charge is 2.43. The molecule has 0 saturated carbocycles. The van der Waals surface area contributed by atoms with Crippen molar-refractivity contribution >= 4 is 34.3 Å². The van der Waals surface area contributed by atoms with Crippen molar-refractivity contribution in [2.75, 3.05) is 45.6 Å². The third-order valence-corrected chi connectivity index (χ3v) is 7.15. The van der Waals surface area contributed by atoms with Gasteiger partial charge in [-0.25, -0.2) is 0 Å². The van der Waals surface area contributed by atoms with Crippen LogP contribution in [0.5, 0.6) is 0 Å². The zero-order valence-corrected chi connectivity index (χ0v) is 19.4. The number of piperazine rings is 1. The summed E-state index contributed by atoms with van der Waals surface area (Å²) in [4.78, 5) is 18.0. The SMILES string of the molecule is CCOC(=O)C(CCSC(=S)N1CCN(C)CC1)(c1ccccc1)c1ccccc1. The topological polar surface area (TPSA) is 32.8 Å². The Balaban J connectivity index is 1.84. The molecule has 0 amide bonds. The fraction of sp³-hybridized carbons (Fsp3) is 0.417. The molecule has 30 heavy (non-hydrogen) atoms. The summed E-state index contributed by atoms with van der Waals surface area (Å²) in [6, 6.07) is 20.0. The van der Waals surface area contributed by atoms with E-state index in [-0.39, 0.29) is 5.97 Å². The number of rotatable bonds is 7. The minimum absolute atomic E-state index is 0.200. The van der Waals surface area contributed by atoms with E-state index < -0.39 is 5.41 Å². The quantitative estimate of drug-likeness (QED) is 0.472. The van der Waals surface area contributed by atoms with Crippen LogP contribution in [0.2, 0.25) is 0 Å². The minimum atomic E-state index is -0.844. The molecule has 0 aliphatic carbocycles. The highest BCUT2D eigenvalue weighted by molar-refractivity contribution is 8.22. The Morgan fingerprint density at radius 1 is 1.00 bits per heavy atom. The first-order chi connectivity index (χ1) is 14.6. The number of carbonyl (C=O) groups is 1. The summed E-state index contributed by atoms with van der Waals surface area (Å²) < 4.78 is 6.52. The van der Waals surface area contributed by atoms with Crippen LogP contribution in [0.4, 0.5) is 0 Å². The molecule has 3 rings (SSSR count). The van der Waals surface area contributed by atoms with E-state index in [0.29, 0.717) is 13.0 Å². The van der Waals surface area contributed by atoms with Crippen LogP contribution in [-0.4, -0.2) is 65.7 Å². The molecule has 160 valence electrons. The zero-order chi connectivity index (χ0) is 21.4. The van der Waals surface area contributed by atoms with Crippen molar-refractivity contribution in [3.05, 3.63) is 71.8 Å². The van der Waals surface area contributed by atoms with Gasteiger partial charge in [0.05, 0.1) is 6.61 Å². The van der Waals surface area contributed by atoms with Gasteiger partial charge in [0.2, 0.25) is 0 Å². The summed E-state index contributed by atoms with van der Waals surface area (Å²) in [6.07, 6.45) is 0.623. The molecule has 6 heteroatoms. The van der Waals surface area contributed by atoms with Gasteiger partial charge < -0.3 is 14.5 Å². The van der Waals surface area contributed by atoms with Gasteiger partial charge in [0.1, 0.15) is 9.74 Å². The predicted octanol–water partition coefficient (Wildman–Crippen LogP) is 4.19. The summed E-state index contributed by atoms with van der Waals surface area (Å²) in [7, 11) is 2.14. The Morgan fingerprint density at radius 3 is 2.03 bits per heavy atom. The Labute approximate surface area is 189 Å². The standard InChI is InChI=1S/C24H30N2O2S2/c1-3-28-22(27)24(20-10-6-4-7-11-20,21-12-8-5-9-13-21)14-19-30-23(29)26-17-15-25(2)16-18-26/h4-13H,3,14-19H2,1-2H3. The van der Waals surface area contributed by atoms with Gasteiger partial charge >= 0.3 is 5.97 Å². The van der Waals surface area contributed by atoms with Crippen LogP contribution in [0.25, 0.3) is 0 Å². The second kappa shape index (κ2) is 10.9. The van der Waals surface area contributed by atoms with Gasteiger partial charge in [-0.3, -0.25) is 4.79 Å². The maximum Gasteiger partial charge on any atom is 0.321 e. The minimum Gasteiger partial charge on any atom is -0.465 e. The molecule has 4 nitrogen and oxygen atoms in total. The fourth-order valence-corrected chi connectivity index (χ4v) is 5.25. The van der Waals surface area contributed by atoms with Crippen molar-refractivity contribution in [3.8, 4) is 0 Å². The van der Waals surface area contributed by atoms with E-state index in [1.807, 2.05) is 67.6 Å². The van der Waals surface area contributed by atoms with E-state index in [1.54, 1.807) is 11.8 Å². The van der Waals surface area contributed by atoms with E-state index in [4.69, 9.17) is 17.0 Å². The van der Waals surface area contributed by atoms with Crippen LogP contribution in [0.15, 0.2) is 60.7 Å². The fourth-order valence-electron chi connectivity index (χ4n) is 3.86. The monoisotopic (exact) mass is 442 g/mol. The molecule has 1 aliphatic heterocycles. The average molecular weight is 443 g/mol. The number of benzene rings is 2. The highest BCUT2D eigenvalue weighted by atomic mass is 32.2. The van der Waals surface area contributed by atoms with Gasteiger partial charge in [0.25, 0.3) is 0 Å². The van der Waals surface area contributed by atoms with Gasteiger partial charge in [-0.05, 0) is 31.5 Å². The number of nitrogens with zero attached hydrogens (tertiary/aromatic N) is 2. The van der Waals surface area contributed by atoms with Crippen molar-refractivity contribution in [2.24, 2.45) is 0 Å². The molecule has 2 aromatic carbocycles. The molecule has 0 bridgehead atoms.